The summed E-state index contributed by atoms with van der Waals surface area (Å²) in [5.74, 6) is -0.587. The Balaban J connectivity index is 1.33. The van der Waals surface area contributed by atoms with Gasteiger partial charge in [-0.1, -0.05) is 55.3 Å². The van der Waals surface area contributed by atoms with E-state index in [1.54, 1.807) is 14.0 Å². The van der Waals surface area contributed by atoms with E-state index in [1.165, 1.54) is 12.0 Å². The summed E-state index contributed by atoms with van der Waals surface area (Å²) in [6, 6.07) is 14.6. The van der Waals surface area contributed by atoms with E-state index >= 15 is 0 Å². The minimum absolute atomic E-state index is 0.0498. The van der Waals surface area contributed by atoms with Gasteiger partial charge in [0.2, 0.25) is 5.91 Å². The Morgan fingerprint density at radius 1 is 1.04 bits per heavy atom. The van der Waals surface area contributed by atoms with E-state index in [0.717, 1.165) is 30.2 Å². The first-order valence-corrected chi connectivity index (χ1v) is 17.3. The van der Waals surface area contributed by atoms with Gasteiger partial charge >= 0.3 is 18.0 Å². The monoisotopic (exact) mass is 684 g/mol. The summed E-state index contributed by atoms with van der Waals surface area (Å²) in [6.07, 6.45) is 7.55. The van der Waals surface area contributed by atoms with Crippen LogP contribution in [0.15, 0.2) is 66.7 Å². The molecule has 3 aliphatic rings. The van der Waals surface area contributed by atoms with Crippen LogP contribution in [0.3, 0.4) is 0 Å². The van der Waals surface area contributed by atoms with Crippen molar-refractivity contribution < 1.29 is 38.1 Å². The number of amides is 3. The lowest BCUT2D eigenvalue weighted by Gasteiger charge is -2.28. The number of fused-ring (bicyclic) bond motifs is 3. The van der Waals surface area contributed by atoms with Crippen LogP contribution >= 0.6 is 0 Å². The Morgan fingerprint density at radius 2 is 1.86 bits per heavy atom. The van der Waals surface area contributed by atoms with Crippen molar-refractivity contribution in [3.63, 3.8) is 0 Å². The van der Waals surface area contributed by atoms with Crippen molar-refractivity contribution >= 4 is 34.8 Å². The van der Waals surface area contributed by atoms with E-state index in [4.69, 9.17) is 23.9 Å². The maximum Gasteiger partial charge on any atom is 0.332 e. The number of ether oxygens (including phenoxy) is 4. The Labute approximate surface area is 291 Å². The fourth-order valence-corrected chi connectivity index (χ4v) is 6.88. The van der Waals surface area contributed by atoms with Gasteiger partial charge in [-0.05, 0) is 44.7 Å². The third kappa shape index (κ3) is 7.39. The molecular weight excluding hydrogens is 640 g/mol. The molecule has 2 aromatic carbocycles. The van der Waals surface area contributed by atoms with E-state index in [1.807, 2.05) is 66.7 Å². The van der Waals surface area contributed by atoms with Gasteiger partial charge in [-0.2, -0.15) is 0 Å². The van der Waals surface area contributed by atoms with Crippen LogP contribution in [0.1, 0.15) is 51.9 Å². The van der Waals surface area contributed by atoms with Crippen molar-refractivity contribution in [1.82, 2.24) is 20.5 Å². The van der Waals surface area contributed by atoms with Gasteiger partial charge < -0.3 is 34.5 Å². The average molecular weight is 685 g/mol. The minimum Gasteiger partial charge on any atom is -0.497 e. The molecule has 12 nitrogen and oxygen atoms in total. The molecule has 1 unspecified atom stereocenters. The predicted octanol–water partition coefficient (Wildman–Crippen LogP) is 4.94. The van der Waals surface area contributed by atoms with E-state index in [2.05, 4.69) is 10.6 Å². The topological polar surface area (TPSA) is 145 Å². The first-order chi connectivity index (χ1) is 24.3. The quantitative estimate of drug-likeness (QED) is 0.261. The number of carbonyl (C=O) groups excluding carboxylic acids is 4. The van der Waals surface area contributed by atoms with Crippen LogP contribution in [0.5, 0.6) is 11.5 Å². The van der Waals surface area contributed by atoms with Crippen molar-refractivity contribution in [1.29, 1.82) is 0 Å². The van der Waals surface area contributed by atoms with Gasteiger partial charge in [0, 0.05) is 35.4 Å². The van der Waals surface area contributed by atoms with Crippen LogP contribution in [0.4, 0.5) is 4.79 Å². The molecule has 3 aromatic rings. The van der Waals surface area contributed by atoms with Crippen molar-refractivity contribution in [2.75, 3.05) is 27.4 Å². The number of hydrogen-bond donors (Lipinski definition) is 2. The maximum atomic E-state index is 14.1. The molecule has 1 saturated heterocycles. The van der Waals surface area contributed by atoms with Gasteiger partial charge in [-0.15, -0.1) is 0 Å². The summed E-state index contributed by atoms with van der Waals surface area (Å²) in [6.45, 7) is 1.95. The van der Waals surface area contributed by atoms with Crippen molar-refractivity contribution in [3.8, 4) is 22.8 Å². The molecule has 0 bridgehead atoms. The van der Waals surface area contributed by atoms with Gasteiger partial charge in [0.15, 0.2) is 0 Å². The Bertz CT molecular complexity index is 1760. The SMILES string of the molecule is CCOC(=O)[C@@]12C[C@H]1C=CCCCCC[C@@H](C(=O)OC)NC(=O)N1CC(Oc3cc(-c4ccccc4)nc4cc(OC)ccc34)C[C@H]1C(=O)N2. The van der Waals surface area contributed by atoms with Gasteiger partial charge in [-0.3, -0.25) is 4.79 Å². The van der Waals surface area contributed by atoms with Gasteiger partial charge in [0.05, 0.1) is 38.6 Å². The van der Waals surface area contributed by atoms with Crippen LogP contribution < -0.4 is 20.1 Å². The molecule has 0 spiro atoms. The van der Waals surface area contributed by atoms with Crippen LogP contribution in [0.25, 0.3) is 22.2 Å². The highest BCUT2D eigenvalue weighted by Gasteiger charge is 2.62. The first-order valence-electron chi connectivity index (χ1n) is 17.3. The molecule has 1 aliphatic carbocycles. The van der Waals surface area contributed by atoms with Gasteiger partial charge in [-0.25, -0.2) is 19.4 Å². The molecule has 264 valence electrons. The number of nitrogens with zero attached hydrogens (tertiary/aromatic N) is 2. The van der Waals surface area contributed by atoms with Gasteiger partial charge in [0.1, 0.15) is 35.2 Å². The summed E-state index contributed by atoms with van der Waals surface area (Å²) in [7, 11) is 2.88. The van der Waals surface area contributed by atoms with E-state index in [9.17, 15) is 19.2 Å². The third-order valence-electron chi connectivity index (χ3n) is 9.68. The van der Waals surface area contributed by atoms with Crippen molar-refractivity contribution in [3.05, 3.63) is 66.7 Å². The van der Waals surface area contributed by atoms with Crippen LogP contribution in [-0.2, 0) is 23.9 Å². The van der Waals surface area contributed by atoms with Crippen molar-refractivity contribution in [2.45, 2.75) is 75.6 Å². The van der Waals surface area contributed by atoms with Crippen LogP contribution in [-0.4, -0.2) is 84.9 Å². The number of carbonyl (C=O) groups is 4. The number of nitrogens with one attached hydrogen (secondary N) is 2. The molecule has 2 N–H and O–H groups in total. The van der Waals surface area contributed by atoms with Crippen LogP contribution in [0, 0.1) is 5.92 Å². The zero-order valence-corrected chi connectivity index (χ0v) is 28.7. The molecule has 2 fully saturated rings. The smallest absolute Gasteiger partial charge is 0.332 e. The number of aromatic nitrogens is 1. The summed E-state index contributed by atoms with van der Waals surface area (Å²) >= 11 is 0. The summed E-state index contributed by atoms with van der Waals surface area (Å²) in [5.41, 5.74) is 1.03. The molecule has 3 heterocycles. The van der Waals surface area contributed by atoms with E-state index in [-0.39, 0.29) is 25.5 Å². The second-order valence-corrected chi connectivity index (χ2v) is 13.0. The molecule has 2 aliphatic heterocycles. The van der Waals surface area contributed by atoms with Gasteiger partial charge in [0.25, 0.3) is 0 Å². The fraction of sp³-hybridized carbons (Fsp3) is 0.447. The molecule has 12 heteroatoms. The lowest BCUT2D eigenvalue weighted by atomic mass is 10.1. The highest BCUT2D eigenvalue weighted by Crippen LogP contribution is 2.46. The zero-order chi connectivity index (χ0) is 35.3. The predicted molar refractivity (Wildman–Crippen MR) is 185 cm³/mol. The normalized spacial score (nSPS) is 25.5. The number of pyridine rings is 1. The number of benzene rings is 2. The molecule has 0 radical (unpaired) electrons. The number of allylic oxidation sites excluding steroid dienone is 1. The molecule has 3 amide bonds. The Morgan fingerprint density at radius 3 is 2.62 bits per heavy atom. The van der Waals surface area contributed by atoms with E-state index in [0.29, 0.717) is 42.0 Å². The first kappa shape index (κ1) is 34.7. The average Bonchev–Trinajstić information content (AvgIpc) is 3.66. The number of hydrogen-bond acceptors (Lipinski definition) is 9. The molecule has 1 aromatic heterocycles. The Kier molecular flexibility index (Phi) is 10.5. The number of urea groups is 1. The maximum absolute atomic E-state index is 14.1. The van der Waals surface area contributed by atoms with Crippen LogP contribution in [0.2, 0.25) is 0 Å². The number of methoxy groups -OCH3 is 2. The molecule has 50 heavy (non-hydrogen) atoms. The summed E-state index contributed by atoms with van der Waals surface area (Å²) < 4.78 is 22.5. The number of esters is 2. The third-order valence-corrected chi connectivity index (χ3v) is 9.68. The number of rotatable bonds is 7. The second-order valence-electron chi connectivity index (χ2n) is 13.0. The molecular formula is C38H44N4O8. The Hall–Kier alpha value is -5.13. The lowest BCUT2D eigenvalue weighted by molar-refractivity contribution is -0.149. The molecule has 1 saturated carbocycles. The highest BCUT2D eigenvalue weighted by atomic mass is 16.5. The minimum atomic E-state index is -1.21. The highest BCUT2D eigenvalue weighted by molar-refractivity contribution is 5.96. The molecule has 6 rings (SSSR count). The lowest BCUT2D eigenvalue weighted by Crippen LogP contribution is -2.56. The van der Waals surface area contributed by atoms with Crippen molar-refractivity contribution in [2.24, 2.45) is 5.92 Å². The zero-order valence-electron chi connectivity index (χ0n) is 28.7. The standard InChI is InChI=1S/C38H44N4O8/c1-4-49-36(45)38-22-25(38)15-11-6-5-7-12-16-29(35(44)48-3)40-37(46)42-23-27(20-32(42)34(43)41-38)50-33-21-30(24-13-9-8-10-14-24)39-31-19-26(47-2)17-18-28(31)33/h8-11,13-15,17-19,21,25,27,29,32H,4-7,12,16,20,22-23H2,1-3H3,(H,40,46)(H,41,43)/t25-,27?,29+,32+,38-/m1/s1. The van der Waals surface area contributed by atoms with E-state index < -0.39 is 47.6 Å². The second kappa shape index (κ2) is 15.2. The summed E-state index contributed by atoms with van der Waals surface area (Å²) in [5, 5.41) is 6.53. The summed E-state index contributed by atoms with van der Waals surface area (Å²) in [4.78, 5) is 60.3. The largest absolute Gasteiger partial charge is 0.497 e. The molecule has 5 atom stereocenters. The fourth-order valence-electron chi connectivity index (χ4n) is 6.88.